The van der Waals surface area contributed by atoms with E-state index in [-0.39, 0.29) is 17.3 Å². The molecule has 0 N–H and O–H groups in total. The van der Waals surface area contributed by atoms with Crippen LogP contribution in [0.2, 0.25) is 0 Å². The first-order valence-electron chi connectivity index (χ1n) is 9.93. The van der Waals surface area contributed by atoms with E-state index >= 15 is 0 Å². The Morgan fingerprint density at radius 1 is 1.07 bits per heavy atom. The van der Waals surface area contributed by atoms with Crippen LogP contribution in [0.25, 0.3) is 0 Å². The molecule has 1 saturated heterocycles. The Labute approximate surface area is 178 Å². The van der Waals surface area contributed by atoms with Gasteiger partial charge < -0.3 is 14.5 Å². The molecule has 0 atom stereocenters. The minimum atomic E-state index is -3.73. The highest BCUT2D eigenvalue weighted by Gasteiger charge is 2.28. The number of anilines is 1. The predicted octanol–water partition coefficient (Wildman–Crippen LogP) is 2.28. The third-order valence-corrected chi connectivity index (χ3v) is 7.39. The number of aryl methyl sites for hydroxylation is 2. The Balaban J connectivity index is 1.63. The molecule has 1 fully saturated rings. The van der Waals surface area contributed by atoms with Gasteiger partial charge in [0.15, 0.2) is 0 Å². The van der Waals surface area contributed by atoms with E-state index < -0.39 is 10.0 Å². The molecule has 0 bridgehead atoms. The number of rotatable bonds is 6. The maximum absolute atomic E-state index is 13.0. The fourth-order valence-electron chi connectivity index (χ4n) is 3.62. The van der Waals surface area contributed by atoms with Crippen LogP contribution in [0, 0.1) is 13.8 Å². The summed E-state index contributed by atoms with van der Waals surface area (Å²) in [5, 5.41) is 0. The van der Waals surface area contributed by atoms with Crippen LogP contribution in [0.4, 0.5) is 5.69 Å². The smallest absolute Gasteiger partial charge is 0.243 e. The predicted molar refractivity (Wildman–Crippen MR) is 118 cm³/mol. The molecule has 0 aromatic heterocycles. The molecule has 2 aromatic carbocycles. The number of ether oxygens (including phenoxy) is 1. The molecular formula is C22H29N3O4S. The van der Waals surface area contributed by atoms with E-state index in [1.54, 1.807) is 31.1 Å². The van der Waals surface area contributed by atoms with Crippen LogP contribution in [-0.2, 0) is 14.8 Å². The van der Waals surface area contributed by atoms with Crippen molar-refractivity contribution in [3.05, 3.63) is 53.6 Å². The van der Waals surface area contributed by atoms with Crippen molar-refractivity contribution in [2.75, 3.05) is 51.8 Å². The first-order chi connectivity index (χ1) is 14.2. The molecule has 1 heterocycles. The van der Waals surface area contributed by atoms with Gasteiger partial charge >= 0.3 is 0 Å². The van der Waals surface area contributed by atoms with Crippen LogP contribution in [-0.4, -0.2) is 70.4 Å². The van der Waals surface area contributed by atoms with Crippen molar-refractivity contribution in [3.63, 3.8) is 0 Å². The van der Waals surface area contributed by atoms with Crippen LogP contribution < -0.4 is 9.64 Å². The fraction of sp³-hybridized carbons (Fsp3) is 0.409. The van der Waals surface area contributed by atoms with Crippen molar-refractivity contribution < 1.29 is 17.9 Å². The van der Waals surface area contributed by atoms with E-state index in [1.165, 1.54) is 7.05 Å². The lowest BCUT2D eigenvalue weighted by atomic mass is 10.2. The molecule has 1 amide bonds. The van der Waals surface area contributed by atoms with Crippen molar-refractivity contribution >= 4 is 21.6 Å². The summed E-state index contributed by atoms with van der Waals surface area (Å²) in [4.78, 5) is 16.9. The quantitative estimate of drug-likeness (QED) is 0.702. The maximum Gasteiger partial charge on any atom is 0.243 e. The molecule has 162 valence electrons. The van der Waals surface area contributed by atoms with E-state index in [1.807, 2.05) is 37.3 Å². The molecule has 8 heteroatoms. The molecule has 0 aliphatic carbocycles. The number of nitrogens with zero attached hydrogens (tertiary/aromatic N) is 3. The van der Waals surface area contributed by atoms with Crippen molar-refractivity contribution in [2.45, 2.75) is 18.7 Å². The molecule has 2 aromatic rings. The lowest BCUT2D eigenvalue weighted by Gasteiger charge is -2.37. The topological polar surface area (TPSA) is 70.2 Å². The lowest BCUT2D eigenvalue weighted by molar-refractivity contribution is -0.131. The van der Waals surface area contributed by atoms with Gasteiger partial charge in [-0.1, -0.05) is 24.3 Å². The Hall–Kier alpha value is -2.58. The molecule has 0 unspecified atom stereocenters. The lowest BCUT2D eigenvalue weighted by Crippen LogP contribution is -2.51. The monoisotopic (exact) mass is 431 g/mol. The minimum Gasteiger partial charge on any atom is -0.495 e. The Morgan fingerprint density at radius 3 is 2.40 bits per heavy atom. The van der Waals surface area contributed by atoms with Crippen LogP contribution in [0.5, 0.6) is 5.75 Å². The van der Waals surface area contributed by atoms with Gasteiger partial charge in [0.05, 0.1) is 24.2 Å². The van der Waals surface area contributed by atoms with Crippen LogP contribution in [0.3, 0.4) is 0 Å². The Kier molecular flexibility index (Phi) is 6.67. The maximum atomic E-state index is 13.0. The highest BCUT2D eigenvalue weighted by Crippen LogP contribution is 2.28. The van der Waals surface area contributed by atoms with E-state index in [0.29, 0.717) is 31.7 Å². The van der Waals surface area contributed by atoms with E-state index in [9.17, 15) is 13.2 Å². The number of likely N-dealkylation sites (N-methyl/N-ethyl adjacent to an activating group) is 1. The summed E-state index contributed by atoms with van der Waals surface area (Å²) in [5.74, 6) is 0.614. The highest BCUT2D eigenvalue weighted by atomic mass is 32.2. The van der Waals surface area contributed by atoms with Crippen molar-refractivity contribution in [1.82, 2.24) is 9.21 Å². The van der Waals surface area contributed by atoms with Gasteiger partial charge in [0.2, 0.25) is 15.9 Å². The summed E-state index contributed by atoms with van der Waals surface area (Å²) in [6.07, 6.45) is 0. The second kappa shape index (κ2) is 9.06. The number of benzene rings is 2. The fourth-order valence-corrected chi connectivity index (χ4v) is 5.04. The SMILES string of the molecule is COc1ccccc1N1CCN(C(=O)CN(C)S(=O)(=O)c2cc(C)ccc2C)CC1. The minimum absolute atomic E-state index is 0.176. The van der Waals surface area contributed by atoms with Crippen molar-refractivity contribution in [2.24, 2.45) is 0 Å². The standard InChI is InChI=1S/C22H29N3O4S/c1-17-9-10-18(2)21(15-17)30(27,28)23(3)16-22(26)25-13-11-24(12-14-25)19-7-5-6-8-20(19)29-4/h5-10,15H,11-14,16H2,1-4H3. The normalized spacial score (nSPS) is 14.8. The molecule has 3 rings (SSSR count). The number of sulfonamides is 1. The molecule has 0 saturated carbocycles. The van der Waals surface area contributed by atoms with Gasteiger partial charge in [-0.15, -0.1) is 0 Å². The number of amides is 1. The van der Waals surface area contributed by atoms with Gasteiger partial charge in [0.1, 0.15) is 5.75 Å². The van der Waals surface area contributed by atoms with Crippen molar-refractivity contribution in [3.8, 4) is 5.75 Å². The van der Waals surface area contributed by atoms with Gasteiger partial charge in [0.25, 0.3) is 0 Å². The molecular weight excluding hydrogens is 402 g/mol. The van der Waals surface area contributed by atoms with Crippen molar-refractivity contribution in [1.29, 1.82) is 0 Å². The van der Waals surface area contributed by atoms with Gasteiger partial charge in [-0.25, -0.2) is 8.42 Å². The summed E-state index contributed by atoms with van der Waals surface area (Å²) in [7, 11) is -0.628. The number of hydrogen-bond acceptors (Lipinski definition) is 5. The third kappa shape index (κ3) is 4.60. The summed E-state index contributed by atoms with van der Waals surface area (Å²) in [6, 6.07) is 13.1. The summed E-state index contributed by atoms with van der Waals surface area (Å²) in [6.45, 7) is 5.84. The molecule has 30 heavy (non-hydrogen) atoms. The average Bonchev–Trinajstić information content (AvgIpc) is 2.75. The Morgan fingerprint density at radius 2 is 1.73 bits per heavy atom. The molecule has 0 spiro atoms. The number of hydrogen-bond donors (Lipinski definition) is 0. The molecule has 1 aliphatic heterocycles. The zero-order chi connectivity index (χ0) is 21.9. The van der Waals surface area contributed by atoms with Crippen LogP contribution >= 0.6 is 0 Å². The number of carbonyl (C=O) groups is 1. The molecule has 0 radical (unpaired) electrons. The van der Waals surface area contributed by atoms with Crippen LogP contribution in [0.15, 0.2) is 47.4 Å². The zero-order valence-corrected chi connectivity index (χ0v) is 18.8. The van der Waals surface area contributed by atoms with Gasteiger partial charge in [-0.3, -0.25) is 4.79 Å². The third-order valence-electron chi connectivity index (χ3n) is 5.45. The number of para-hydroxylation sites is 2. The summed E-state index contributed by atoms with van der Waals surface area (Å²) in [5.41, 5.74) is 2.54. The van der Waals surface area contributed by atoms with Crippen LogP contribution in [0.1, 0.15) is 11.1 Å². The highest BCUT2D eigenvalue weighted by molar-refractivity contribution is 7.89. The first-order valence-corrected chi connectivity index (χ1v) is 11.4. The van der Waals surface area contributed by atoms with E-state index in [4.69, 9.17) is 4.74 Å². The second-order valence-electron chi connectivity index (χ2n) is 7.57. The largest absolute Gasteiger partial charge is 0.495 e. The van der Waals surface area contributed by atoms with Gasteiger partial charge in [0, 0.05) is 33.2 Å². The average molecular weight is 432 g/mol. The van der Waals surface area contributed by atoms with Gasteiger partial charge in [-0.05, 0) is 43.2 Å². The number of methoxy groups -OCH3 is 1. The first kappa shape index (κ1) is 22.1. The number of carbonyl (C=O) groups excluding carboxylic acids is 1. The van der Waals surface area contributed by atoms with E-state index in [0.717, 1.165) is 21.3 Å². The zero-order valence-electron chi connectivity index (χ0n) is 18.0. The summed E-state index contributed by atoms with van der Waals surface area (Å²) < 4.78 is 32.5. The van der Waals surface area contributed by atoms with Gasteiger partial charge in [-0.2, -0.15) is 4.31 Å². The molecule has 1 aliphatic rings. The summed E-state index contributed by atoms with van der Waals surface area (Å²) >= 11 is 0. The van der Waals surface area contributed by atoms with E-state index in [2.05, 4.69) is 4.90 Å². The molecule has 7 nitrogen and oxygen atoms in total. The number of piperazine rings is 1. The Bertz CT molecular complexity index is 1010. The second-order valence-corrected chi connectivity index (χ2v) is 9.58.